The quantitative estimate of drug-likeness (QED) is 0.845. The van der Waals surface area contributed by atoms with Crippen LogP contribution in [0.3, 0.4) is 0 Å². The van der Waals surface area contributed by atoms with Gasteiger partial charge in [0.15, 0.2) is 0 Å². The molecule has 2 nitrogen and oxygen atoms in total. The van der Waals surface area contributed by atoms with E-state index in [1.807, 2.05) is 30.3 Å². The standard InChI is InChI=1S/C16H12F3NO/c17-16(18,19)14-10-13(11-20)6-7-15(14)21-9-8-12-4-2-1-3-5-12/h1-7,10H,8-9H2. The molecule has 0 saturated heterocycles. The molecule has 0 aliphatic heterocycles. The Bertz CT molecular complexity index is 645. The second kappa shape index (κ2) is 6.31. The van der Waals surface area contributed by atoms with Crippen LogP contribution >= 0.6 is 0 Å². The zero-order chi connectivity index (χ0) is 15.3. The molecule has 0 aromatic heterocycles. The highest BCUT2D eigenvalue weighted by molar-refractivity contribution is 5.43. The number of alkyl halides is 3. The summed E-state index contributed by atoms with van der Waals surface area (Å²) in [5.41, 5.74) is 0.0204. The largest absolute Gasteiger partial charge is 0.493 e. The summed E-state index contributed by atoms with van der Waals surface area (Å²) in [5.74, 6) is -0.252. The van der Waals surface area contributed by atoms with Gasteiger partial charge in [-0.1, -0.05) is 30.3 Å². The molecule has 0 radical (unpaired) electrons. The van der Waals surface area contributed by atoms with Crippen molar-refractivity contribution in [2.24, 2.45) is 0 Å². The lowest BCUT2D eigenvalue weighted by Crippen LogP contribution is -2.10. The smallest absolute Gasteiger partial charge is 0.420 e. The van der Waals surface area contributed by atoms with Crippen molar-refractivity contribution in [1.29, 1.82) is 5.26 Å². The lowest BCUT2D eigenvalue weighted by molar-refractivity contribution is -0.138. The summed E-state index contributed by atoms with van der Waals surface area (Å²) in [6.45, 7) is 0.138. The summed E-state index contributed by atoms with van der Waals surface area (Å²) in [6, 6.07) is 14.3. The molecular formula is C16H12F3NO. The van der Waals surface area contributed by atoms with E-state index in [1.54, 1.807) is 6.07 Å². The molecule has 0 heterocycles. The molecule has 0 unspecified atom stereocenters. The average molecular weight is 291 g/mol. The van der Waals surface area contributed by atoms with E-state index in [-0.39, 0.29) is 17.9 Å². The van der Waals surface area contributed by atoms with Gasteiger partial charge in [-0.05, 0) is 23.8 Å². The molecule has 0 spiro atoms. The van der Waals surface area contributed by atoms with E-state index in [0.29, 0.717) is 6.42 Å². The van der Waals surface area contributed by atoms with Crippen LogP contribution in [0.25, 0.3) is 0 Å². The van der Waals surface area contributed by atoms with Crippen molar-refractivity contribution in [2.75, 3.05) is 6.61 Å². The molecule has 0 aliphatic rings. The minimum absolute atomic E-state index is 0.0438. The zero-order valence-electron chi connectivity index (χ0n) is 11.0. The van der Waals surface area contributed by atoms with E-state index in [2.05, 4.69) is 0 Å². The number of halogens is 3. The normalized spacial score (nSPS) is 11.0. The summed E-state index contributed by atoms with van der Waals surface area (Å²) in [5, 5.41) is 8.69. The first-order valence-electron chi connectivity index (χ1n) is 6.29. The summed E-state index contributed by atoms with van der Waals surface area (Å²) in [4.78, 5) is 0. The number of benzene rings is 2. The molecular weight excluding hydrogens is 279 g/mol. The Labute approximate surface area is 120 Å². The minimum atomic E-state index is -4.55. The van der Waals surface area contributed by atoms with Crippen LogP contribution in [0.5, 0.6) is 5.75 Å². The first kappa shape index (κ1) is 14.9. The SMILES string of the molecule is N#Cc1ccc(OCCc2ccccc2)c(C(F)(F)F)c1. The average Bonchev–Trinajstić information content (AvgIpc) is 2.47. The summed E-state index contributed by atoms with van der Waals surface area (Å²) < 4.78 is 44.0. The van der Waals surface area contributed by atoms with Crippen molar-refractivity contribution in [3.05, 3.63) is 65.2 Å². The number of rotatable bonds is 4. The molecule has 0 aliphatic carbocycles. The molecule has 2 aromatic rings. The molecule has 0 atom stereocenters. The van der Waals surface area contributed by atoms with E-state index in [1.165, 1.54) is 12.1 Å². The van der Waals surface area contributed by atoms with Crippen molar-refractivity contribution in [2.45, 2.75) is 12.6 Å². The van der Waals surface area contributed by atoms with Gasteiger partial charge in [-0.3, -0.25) is 0 Å². The second-order valence-corrected chi connectivity index (χ2v) is 4.40. The predicted octanol–water partition coefficient (Wildman–Crippen LogP) is 4.20. The molecule has 0 amide bonds. The Morgan fingerprint density at radius 1 is 1.05 bits per heavy atom. The first-order chi connectivity index (χ1) is 10.0. The number of nitriles is 1. The highest BCUT2D eigenvalue weighted by Crippen LogP contribution is 2.36. The van der Waals surface area contributed by atoms with Gasteiger partial charge in [0.05, 0.1) is 23.8 Å². The summed E-state index contributed by atoms with van der Waals surface area (Å²) >= 11 is 0. The first-order valence-corrected chi connectivity index (χ1v) is 6.29. The molecule has 0 N–H and O–H groups in total. The molecule has 0 bridgehead atoms. The van der Waals surface area contributed by atoms with E-state index < -0.39 is 11.7 Å². The third-order valence-electron chi connectivity index (χ3n) is 2.91. The van der Waals surface area contributed by atoms with Crippen molar-refractivity contribution < 1.29 is 17.9 Å². The molecule has 2 aromatic carbocycles. The Morgan fingerprint density at radius 3 is 2.38 bits per heavy atom. The van der Waals surface area contributed by atoms with Crippen LogP contribution in [0.2, 0.25) is 0 Å². The Morgan fingerprint density at radius 2 is 1.76 bits per heavy atom. The molecule has 2 rings (SSSR count). The van der Waals surface area contributed by atoms with Gasteiger partial charge in [-0.25, -0.2) is 0 Å². The highest BCUT2D eigenvalue weighted by atomic mass is 19.4. The van der Waals surface area contributed by atoms with Crippen LogP contribution in [-0.2, 0) is 12.6 Å². The van der Waals surface area contributed by atoms with Gasteiger partial charge >= 0.3 is 6.18 Å². The predicted molar refractivity (Wildman–Crippen MR) is 71.8 cm³/mol. The number of ether oxygens (including phenoxy) is 1. The highest BCUT2D eigenvalue weighted by Gasteiger charge is 2.34. The molecule has 0 fully saturated rings. The molecule has 21 heavy (non-hydrogen) atoms. The van der Waals surface area contributed by atoms with Gasteiger partial charge in [0.25, 0.3) is 0 Å². The van der Waals surface area contributed by atoms with Crippen LogP contribution in [0.1, 0.15) is 16.7 Å². The summed E-state index contributed by atoms with van der Waals surface area (Å²) in [7, 11) is 0. The van der Waals surface area contributed by atoms with Gasteiger partial charge in [-0.2, -0.15) is 18.4 Å². The number of nitrogens with zero attached hydrogens (tertiary/aromatic N) is 1. The topological polar surface area (TPSA) is 33.0 Å². The van der Waals surface area contributed by atoms with Crippen molar-refractivity contribution in [1.82, 2.24) is 0 Å². The van der Waals surface area contributed by atoms with E-state index in [9.17, 15) is 13.2 Å². The summed E-state index contributed by atoms with van der Waals surface area (Å²) in [6.07, 6.45) is -4.03. The lowest BCUT2D eigenvalue weighted by atomic mass is 10.1. The fraction of sp³-hybridized carbons (Fsp3) is 0.188. The van der Waals surface area contributed by atoms with Crippen molar-refractivity contribution in [3.63, 3.8) is 0 Å². The monoisotopic (exact) mass is 291 g/mol. The van der Waals surface area contributed by atoms with E-state index in [0.717, 1.165) is 11.6 Å². The fourth-order valence-electron chi connectivity index (χ4n) is 1.87. The van der Waals surface area contributed by atoms with E-state index >= 15 is 0 Å². The van der Waals surface area contributed by atoms with Crippen LogP contribution in [0.4, 0.5) is 13.2 Å². The van der Waals surface area contributed by atoms with Gasteiger partial charge < -0.3 is 4.74 Å². The van der Waals surface area contributed by atoms with Gasteiger partial charge in [0, 0.05) is 6.42 Å². The van der Waals surface area contributed by atoms with Gasteiger partial charge in [0.2, 0.25) is 0 Å². The number of hydrogen-bond acceptors (Lipinski definition) is 2. The van der Waals surface area contributed by atoms with E-state index in [4.69, 9.17) is 10.00 Å². The third kappa shape index (κ3) is 3.99. The Kier molecular flexibility index (Phi) is 4.49. The maximum Gasteiger partial charge on any atom is 0.420 e. The molecule has 108 valence electrons. The van der Waals surface area contributed by atoms with Gasteiger partial charge in [-0.15, -0.1) is 0 Å². The Hall–Kier alpha value is -2.48. The lowest BCUT2D eigenvalue weighted by Gasteiger charge is -2.14. The van der Waals surface area contributed by atoms with Crippen molar-refractivity contribution >= 4 is 0 Å². The maximum atomic E-state index is 12.9. The zero-order valence-corrected chi connectivity index (χ0v) is 11.0. The van der Waals surface area contributed by atoms with Crippen LogP contribution < -0.4 is 4.74 Å². The third-order valence-corrected chi connectivity index (χ3v) is 2.91. The van der Waals surface area contributed by atoms with Crippen molar-refractivity contribution in [3.8, 4) is 11.8 Å². The second-order valence-electron chi connectivity index (χ2n) is 4.40. The maximum absolute atomic E-state index is 12.9. The minimum Gasteiger partial charge on any atom is -0.493 e. The number of hydrogen-bond donors (Lipinski definition) is 0. The van der Waals surface area contributed by atoms with Crippen LogP contribution in [0.15, 0.2) is 48.5 Å². The van der Waals surface area contributed by atoms with Crippen LogP contribution in [0, 0.1) is 11.3 Å². The molecule has 5 heteroatoms. The van der Waals surface area contributed by atoms with Crippen LogP contribution in [-0.4, -0.2) is 6.61 Å². The Balaban J connectivity index is 2.11. The molecule has 0 saturated carbocycles. The fourth-order valence-corrected chi connectivity index (χ4v) is 1.87. The van der Waals surface area contributed by atoms with Gasteiger partial charge in [0.1, 0.15) is 5.75 Å².